The van der Waals surface area contributed by atoms with E-state index in [4.69, 9.17) is 4.74 Å². The predicted molar refractivity (Wildman–Crippen MR) is 158 cm³/mol. The molecule has 5 N–H and O–H groups in total. The molecule has 1 saturated carbocycles. The van der Waals surface area contributed by atoms with Gasteiger partial charge in [0.2, 0.25) is 5.78 Å². The minimum Gasteiger partial charge on any atom is -0.464 e. The van der Waals surface area contributed by atoms with Crippen LogP contribution in [0.15, 0.2) is 72.6 Å². The van der Waals surface area contributed by atoms with Crippen molar-refractivity contribution in [1.29, 1.82) is 0 Å². The zero-order valence-electron chi connectivity index (χ0n) is 22.8. The van der Waals surface area contributed by atoms with Crippen molar-refractivity contribution in [2.75, 3.05) is 24.3 Å². The van der Waals surface area contributed by atoms with Crippen LogP contribution in [0.25, 0.3) is 21.8 Å². The summed E-state index contributed by atoms with van der Waals surface area (Å²) in [5, 5.41) is 10.6. The highest BCUT2D eigenvalue weighted by Crippen LogP contribution is 2.63. The molecule has 3 aliphatic rings. The smallest absolute Gasteiger partial charge is 0.354 e. The second kappa shape index (κ2) is 8.89. The monoisotopic (exact) mass is 572 g/mol. The molecule has 11 nitrogen and oxygen atoms in total. The molecule has 1 spiro atoms. The van der Waals surface area contributed by atoms with Gasteiger partial charge >= 0.3 is 5.97 Å². The normalized spacial score (nSPS) is 19.6. The van der Waals surface area contributed by atoms with Gasteiger partial charge in [0.1, 0.15) is 17.1 Å². The number of anilines is 2. The van der Waals surface area contributed by atoms with Crippen LogP contribution in [0.3, 0.4) is 0 Å². The van der Waals surface area contributed by atoms with Gasteiger partial charge in [-0.1, -0.05) is 0 Å². The maximum Gasteiger partial charge on any atom is 0.354 e. The van der Waals surface area contributed by atoms with Crippen LogP contribution in [0.2, 0.25) is 0 Å². The second-order valence-electron chi connectivity index (χ2n) is 11.2. The molecule has 2 atom stereocenters. The Morgan fingerprint density at radius 1 is 0.907 bits per heavy atom. The number of hydrogen-bond acceptors (Lipinski definition) is 7. The summed E-state index contributed by atoms with van der Waals surface area (Å²) in [5.41, 5.74) is 5.61. The molecule has 5 aromatic rings. The number of hydrogen-bond donors (Lipinski definition) is 5. The van der Waals surface area contributed by atoms with E-state index in [-0.39, 0.29) is 23.0 Å². The van der Waals surface area contributed by atoms with E-state index in [1.165, 1.54) is 13.3 Å². The molecule has 2 amide bonds. The van der Waals surface area contributed by atoms with Crippen LogP contribution in [-0.2, 0) is 10.2 Å². The number of allylic oxidation sites excluding steroid dienone is 2. The Kier molecular flexibility index (Phi) is 5.18. The number of amides is 2. The first kappa shape index (κ1) is 25.0. The highest BCUT2D eigenvalue weighted by molar-refractivity contribution is 6.10. The fourth-order valence-electron chi connectivity index (χ4n) is 6.44. The van der Waals surface area contributed by atoms with Crippen molar-refractivity contribution in [3.8, 4) is 0 Å². The number of ether oxygens (including phenoxy) is 1. The summed E-state index contributed by atoms with van der Waals surface area (Å²) in [7, 11) is 1.31. The van der Waals surface area contributed by atoms with Crippen molar-refractivity contribution in [2.45, 2.75) is 11.8 Å². The molecule has 1 aliphatic heterocycles. The molecule has 0 bridgehead atoms. The van der Waals surface area contributed by atoms with Crippen LogP contribution in [0.4, 0.5) is 11.4 Å². The fraction of sp³-hybridized carbons (Fsp3) is 0.156. The van der Waals surface area contributed by atoms with Crippen molar-refractivity contribution in [2.24, 2.45) is 5.92 Å². The zero-order valence-corrected chi connectivity index (χ0v) is 22.8. The van der Waals surface area contributed by atoms with Crippen LogP contribution >= 0.6 is 0 Å². The SMILES string of the molecule is COC(=O)c1cc2cc(NC(=O)c3cc4cc(NC(=O)c5cnc6c(c5)[C@@]57C[C@@H]5CNC7=CC6=O)ccc4[nH]3)ccc2[nH]1. The molecule has 11 heteroatoms. The molecule has 0 radical (unpaired) electrons. The summed E-state index contributed by atoms with van der Waals surface area (Å²) < 4.78 is 4.76. The predicted octanol–water partition coefficient (Wildman–Crippen LogP) is 4.28. The molecule has 3 aromatic heterocycles. The second-order valence-corrected chi connectivity index (χ2v) is 11.2. The van der Waals surface area contributed by atoms with Gasteiger partial charge in [-0.15, -0.1) is 0 Å². The van der Waals surface area contributed by atoms with Crippen LogP contribution in [0, 0.1) is 5.92 Å². The summed E-state index contributed by atoms with van der Waals surface area (Å²) in [6.45, 7) is 0.825. The first-order valence-electron chi connectivity index (χ1n) is 13.8. The lowest BCUT2D eigenvalue weighted by molar-refractivity contribution is 0.0594. The summed E-state index contributed by atoms with van der Waals surface area (Å²) in [6, 6.07) is 15.8. The summed E-state index contributed by atoms with van der Waals surface area (Å²) >= 11 is 0. The largest absolute Gasteiger partial charge is 0.464 e. The Hall–Kier alpha value is -5.71. The average Bonchev–Trinajstić information content (AvgIpc) is 3.30. The van der Waals surface area contributed by atoms with E-state index in [9.17, 15) is 19.2 Å². The quantitative estimate of drug-likeness (QED) is 0.197. The van der Waals surface area contributed by atoms with Crippen LogP contribution in [0.5, 0.6) is 0 Å². The van der Waals surface area contributed by atoms with Gasteiger partial charge in [0, 0.05) is 63.1 Å². The number of fused-ring (bicyclic) bond motifs is 3. The number of H-pyrrole nitrogens is 2. The Morgan fingerprint density at radius 3 is 2.28 bits per heavy atom. The molecule has 8 rings (SSSR count). The van der Waals surface area contributed by atoms with E-state index >= 15 is 0 Å². The number of aromatic amines is 2. The Labute approximate surface area is 243 Å². The number of benzene rings is 2. The fourth-order valence-corrected chi connectivity index (χ4v) is 6.44. The van der Waals surface area contributed by atoms with Crippen molar-refractivity contribution < 1.29 is 23.9 Å². The number of carbonyl (C=O) groups excluding carboxylic acids is 4. The van der Waals surface area contributed by atoms with Crippen molar-refractivity contribution in [3.63, 3.8) is 0 Å². The van der Waals surface area contributed by atoms with E-state index < -0.39 is 5.97 Å². The number of nitrogens with zero attached hydrogens (tertiary/aromatic N) is 1. The molecule has 1 saturated heterocycles. The zero-order chi connectivity index (χ0) is 29.5. The van der Waals surface area contributed by atoms with Crippen molar-refractivity contribution in [1.82, 2.24) is 20.3 Å². The third-order valence-corrected chi connectivity index (χ3v) is 8.67. The highest BCUT2D eigenvalue weighted by Gasteiger charge is 2.64. The van der Waals surface area contributed by atoms with Crippen LogP contribution in [-0.4, -0.2) is 52.2 Å². The summed E-state index contributed by atoms with van der Waals surface area (Å²) in [6.07, 6.45) is 4.04. The third-order valence-electron chi connectivity index (χ3n) is 8.67. The Bertz CT molecular complexity index is 2110. The number of pyridine rings is 1. The number of ketones is 1. The minimum absolute atomic E-state index is 0.141. The number of rotatable bonds is 5. The third kappa shape index (κ3) is 3.85. The number of carbonyl (C=O) groups is 4. The average molecular weight is 573 g/mol. The first-order valence-corrected chi connectivity index (χ1v) is 13.8. The number of aromatic nitrogens is 3. The molecule has 2 aromatic carbocycles. The molecular weight excluding hydrogens is 548 g/mol. The molecule has 2 aliphatic carbocycles. The van der Waals surface area contributed by atoms with Gasteiger partial charge in [0.25, 0.3) is 11.8 Å². The van der Waals surface area contributed by atoms with Gasteiger partial charge in [-0.2, -0.15) is 0 Å². The maximum absolute atomic E-state index is 13.2. The van der Waals surface area contributed by atoms with E-state index in [1.54, 1.807) is 60.7 Å². The van der Waals surface area contributed by atoms with E-state index in [0.29, 0.717) is 39.9 Å². The van der Waals surface area contributed by atoms with E-state index in [2.05, 4.69) is 30.9 Å². The highest BCUT2D eigenvalue weighted by atomic mass is 16.5. The molecule has 4 heterocycles. The van der Waals surface area contributed by atoms with Gasteiger partial charge < -0.3 is 30.7 Å². The standard InChI is InChI=1S/C32H24N6O5/c1-43-31(42)25-10-16-7-20(3-5-23(16)38-25)36-30(41)24-9-15-6-19(2-4-22(15)37-24)35-29(40)17-8-21-28(34-13-17)26(39)11-27-32(21)12-18(32)14-33-27/h2-11,13,18,33,37-38H,12,14H2,1H3,(H,35,40)(H,36,41)/t18-,32-/m1/s1. The Morgan fingerprint density at radius 2 is 1.58 bits per heavy atom. The van der Waals surface area contributed by atoms with Gasteiger partial charge in [-0.25, -0.2) is 4.79 Å². The molecule has 2 fully saturated rings. The van der Waals surface area contributed by atoms with Crippen molar-refractivity contribution in [3.05, 3.63) is 101 Å². The van der Waals surface area contributed by atoms with Crippen molar-refractivity contribution >= 4 is 56.7 Å². The lowest BCUT2D eigenvalue weighted by atomic mass is 9.83. The minimum atomic E-state index is -0.472. The summed E-state index contributed by atoms with van der Waals surface area (Å²) in [4.78, 5) is 61.2. The molecular formula is C32H24N6O5. The van der Waals surface area contributed by atoms with Gasteiger partial charge in [0.05, 0.1) is 12.7 Å². The number of piperidine rings is 1. The number of esters is 1. The topological polar surface area (TPSA) is 158 Å². The summed E-state index contributed by atoms with van der Waals surface area (Å²) in [5.74, 6) is -0.865. The number of methoxy groups -OCH3 is 1. The lowest BCUT2D eigenvalue weighted by Gasteiger charge is -2.23. The van der Waals surface area contributed by atoms with Gasteiger partial charge in [-0.3, -0.25) is 19.4 Å². The molecule has 212 valence electrons. The van der Waals surface area contributed by atoms with Crippen LogP contribution < -0.4 is 16.0 Å². The van der Waals surface area contributed by atoms with Crippen LogP contribution in [0.1, 0.15) is 53.8 Å². The van der Waals surface area contributed by atoms with E-state index in [1.807, 2.05) is 0 Å². The van der Waals surface area contributed by atoms with Gasteiger partial charge in [-0.05, 0) is 72.5 Å². The van der Waals surface area contributed by atoms with E-state index in [0.717, 1.165) is 46.0 Å². The molecule has 43 heavy (non-hydrogen) atoms. The Balaban J connectivity index is 0.999. The number of nitrogens with one attached hydrogen (secondary N) is 5. The first-order chi connectivity index (χ1) is 20.8. The van der Waals surface area contributed by atoms with Gasteiger partial charge in [0.15, 0.2) is 0 Å². The molecule has 0 unspecified atom stereocenters. The maximum atomic E-state index is 13.2. The lowest BCUT2D eigenvalue weighted by Crippen LogP contribution is -2.27.